The number of hydrogen-bond acceptors (Lipinski definition) is 6. The van der Waals surface area contributed by atoms with Crippen LogP contribution in [0.1, 0.15) is 42.1 Å². The standard InChI is InChI=1S/C34H46ClN5O4/c1-24-5-8-31(19-32(24)35)40(34(44)27-11-15-38(16-12-27)25(2)42)14-4-13-37-20-28-22-39(23-29(28)21-37)33(43)26-6-9-30(10-7-26)36(3)17-18-41/h5-10,19,27-29,41H,4,11-18,20-23H2,1-3H3. The van der Waals surface area contributed by atoms with Crippen molar-refractivity contribution in [2.24, 2.45) is 17.8 Å². The Morgan fingerprint density at radius 3 is 2.14 bits per heavy atom. The van der Waals surface area contributed by atoms with Crippen molar-refractivity contribution in [3.05, 3.63) is 58.6 Å². The molecule has 2 atom stereocenters. The third-order valence-corrected chi connectivity index (χ3v) is 10.1. The van der Waals surface area contributed by atoms with Crippen molar-refractivity contribution in [3.63, 3.8) is 0 Å². The molecule has 2 aromatic carbocycles. The second-order valence-corrected chi connectivity index (χ2v) is 13.1. The van der Waals surface area contributed by atoms with Crippen molar-refractivity contribution in [3.8, 4) is 0 Å². The first kappa shape index (κ1) is 32.3. The monoisotopic (exact) mass is 623 g/mol. The van der Waals surface area contributed by atoms with Gasteiger partial charge in [0.2, 0.25) is 11.8 Å². The minimum absolute atomic E-state index is 0.0675. The van der Waals surface area contributed by atoms with Crippen molar-refractivity contribution in [2.45, 2.75) is 33.1 Å². The number of benzene rings is 2. The van der Waals surface area contributed by atoms with E-state index in [1.807, 2.05) is 76.0 Å². The molecule has 3 aliphatic rings. The third-order valence-electron chi connectivity index (χ3n) is 9.72. The van der Waals surface area contributed by atoms with Crippen LogP contribution >= 0.6 is 11.6 Å². The molecule has 1 N–H and O–H groups in total. The number of anilines is 2. The van der Waals surface area contributed by atoms with E-state index in [1.54, 1.807) is 6.92 Å². The highest BCUT2D eigenvalue weighted by molar-refractivity contribution is 6.31. The average Bonchev–Trinajstić information content (AvgIpc) is 3.60. The van der Waals surface area contributed by atoms with Gasteiger partial charge in [0.15, 0.2) is 0 Å². The number of aliphatic hydroxyl groups excluding tert-OH is 1. The molecule has 2 aromatic rings. The molecule has 9 nitrogen and oxygen atoms in total. The molecule has 2 unspecified atom stereocenters. The number of aliphatic hydroxyl groups is 1. The van der Waals surface area contributed by atoms with Crippen LogP contribution in [0.4, 0.5) is 11.4 Å². The number of nitrogens with zero attached hydrogens (tertiary/aromatic N) is 5. The molecule has 3 heterocycles. The summed E-state index contributed by atoms with van der Waals surface area (Å²) in [7, 11) is 1.93. The number of fused-ring (bicyclic) bond motifs is 1. The van der Waals surface area contributed by atoms with Crippen LogP contribution in [0, 0.1) is 24.7 Å². The van der Waals surface area contributed by atoms with Gasteiger partial charge in [0.1, 0.15) is 0 Å². The molecule has 3 saturated heterocycles. The fourth-order valence-corrected chi connectivity index (χ4v) is 7.16. The number of likely N-dealkylation sites (tertiary alicyclic amines) is 3. The molecule has 0 spiro atoms. The minimum atomic E-state index is -0.0991. The molecular weight excluding hydrogens is 578 g/mol. The Bertz CT molecular complexity index is 1320. The average molecular weight is 624 g/mol. The van der Waals surface area contributed by atoms with Gasteiger partial charge >= 0.3 is 0 Å². The van der Waals surface area contributed by atoms with E-state index in [0.717, 1.165) is 56.1 Å². The van der Waals surface area contributed by atoms with Crippen LogP contribution in [-0.4, -0.2) is 110 Å². The number of halogens is 1. The Kier molecular flexibility index (Phi) is 10.5. The van der Waals surface area contributed by atoms with Crippen LogP contribution in [0.5, 0.6) is 0 Å². The van der Waals surface area contributed by atoms with Crippen molar-refractivity contribution in [1.29, 1.82) is 0 Å². The Hall–Kier alpha value is -3.14. The molecule has 0 radical (unpaired) electrons. The van der Waals surface area contributed by atoms with Gasteiger partial charge in [-0.2, -0.15) is 0 Å². The van der Waals surface area contributed by atoms with E-state index in [0.29, 0.717) is 61.4 Å². The lowest BCUT2D eigenvalue weighted by Crippen LogP contribution is -2.44. The number of amides is 3. The van der Waals surface area contributed by atoms with Crippen LogP contribution in [-0.2, 0) is 9.59 Å². The lowest BCUT2D eigenvalue weighted by atomic mass is 9.94. The molecule has 10 heteroatoms. The van der Waals surface area contributed by atoms with Crippen molar-refractivity contribution < 1.29 is 19.5 Å². The molecule has 0 saturated carbocycles. The number of likely N-dealkylation sites (N-methyl/N-ethyl adjacent to an activating group) is 1. The predicted octanol–water partition coefficient (Wildman–Crippen LogP) is 3.76. The molecule has 44 heavy (non-hydrogen) atoms. The highest BCUT2D eigenvalue weighted by Crippen LogP contribution is 2.33. The third kappa shape index (κ3) is 7.38. The number of aryl methyl sites for hydroxylation is 1. The van der Waals surface area contributed by atoms with E-state index in [1.165, 1.54) is 0 Å². The minimum Gasteiger partial charge on any atom is -0.395 e. The Morgan fingerprint density at radius 2 is 1.55 bits per heavy atom. The summed E-state index contributed by atoms with van der Waals surface area (Å²) in [5.74, 6) is 1.11. The fraction of sp³-hybridized carbons (Fsp3) is 0.559. The Labute approximate surface area is 266 Å². The summed E-state index contributed by atoms with van der Waals surface area (Å²) in [6, 6.07) is 13.5. The van der Waals surface area contributed by atoms with Gasteiger partial charge in [0.25, 0.3) is 5.91 Å². The zero-order chi connectivity index (χ0) is 31.4. The highest BCUT2D eigenvalue weighted by atomic mass is 35.5. The maximum atomic E-state index is 13.8. The van der Waals surface area contributed by atoms with E-state index in [4.69, 9.17) is 11.6 Å². The van der Waals surface area contributed by atoms with Crippen molar-refractivity contribution in [1.82, 2.24) is 14.7 Å². The van der Waals surface area contributed by atoms with Gasteiger partial charge < -0.3 is 29.6 Å². The van der Waals surface area contributed by atoms with E-state index >= 15 is 0 Å². The van der Waals surface area contributed by atoms with Crippen LogP contribution in [0.2, 0.25) is 5.02 Å². The molecule has 3 fully saturated rings. The van der Waals surface area contributed by atoms with E-state index < -0.39 is 0 Å². The zero-order valence-corrected chi connectivity index (χ0v) is 27.0. The van der Waals surface area contributed by atoms with Crippen LogP contribution in [0.25, 0.3) is 0 Å². The topological polar surface area (TPSA) is 87.6 Å². The second kappa shape index (κ2) is 14.3. The van der Waals surface area contributed by atoms with Gasteiger partial charge in [-0.3, -0.25) is 14.4 Å². The summed E-state index contributed by atoms with van der Waals surface area (Å²) in [6.45, 7) is 10.4. The molecule has 0 aromatic heterocycles. The predicted molar refractivity (Wildman–Crippen MR) is 174 cm³/mol. The highest BCUT2D eigenvalue weighted by Gasteiger charge is 2.41. The molecular formula is C34H46ClN5O4. The van der Waals surface area contributed by atoms with E-state index in [-0.39, 0.29) is 30.2 Å². The van der Waals surface area contributed by atoms with Gasteiger partial charge in [-0.1, -0.05) is 17.7 Å². The van der Waals surface area contributed by atoms with Crippen molar-refractivity contribution in [2.75, 3.05) is 82.4 Å². The summed E-state index contributed by atoms with van der Waals surface area (Å²) < 4.78 is 0. The number of hydrogen-bond donors (Lipinski definition) is 1. The fourth-order valence-electron chi connectivity index (χ4n) is 6.99. The first-order chi connectivity index (χ1) is 21.1. The number of carbonyl (C=O) groups excluding carboxylic acids is 3. The molecule has 3 aliphatic heterocycles. The first-order valence-corrected chi connectivity index (χ1v) is 16.3. The quantitative estimate of drug-likeness (QED) is 0.434. The van der Waals surface area contributed by atoms with Crippen LogP contribution in [0.3, 0.4) is 0 Å². The van der Waals surface area contributed by atoms with Gasteiger partial charge in [-0.05, 0) is 86.5 Å². The molecule has 0 aliphatic carbocycles. The Balaban J connectivity index is 1.13. The summed E-state index contributed by atoms with van der Waals surface area (Å²) in [4.78, 5) is 49.0. The zero-order valence-electron chi connectivity index (χ0n) is 26.3. The van der Waals surface area contributed by atoms with E-state index in [2.05, 4.69) is 4.90 Å². The van der Waals surface area contributed by atoms with Gasteiger partial charge in [0.05, 0.1) is 6.61 Å². The SMILES string of the molecule is CC(=O)N1CCC(C(=O)N(CCCN2CC3CN(C(=O)c4ccc(N(C)CCO)cc4)CC3C2)c2ccc(C)c(Cl)c2)CC1. The summed E-state index contributed by atoms with van der Waals surface area (Å²) in [5.41, 5.74) is 3.50. The largest absolute Gasteiger partial charge is 0.395 e. The summed E-state index contributed by atoms with van der Waals surface area (Å²) >= 11 is 6.47. The van der Waals surface area contributed by atoms with E-state index in [9.17, 15) is 19.5 Å². The van der Waals surface area contributed by atoms with Crippen LogP contribution in [0.15, 0.2) is 42.5 Å². The normalized spacial score (nSPS) is 20.6. The second-order valence-electron chi connectivity index (χ2n) is 12.7. The first-order valence-electron chi connectivity index (χ1n) is 15.9. The lowest BCUT2D eigenvalue weighted by Gasteiger charge is -2.34. The van der Waals surface area contributed by atoms with Gasteiger partial charge in [-0.25, -0.2) is 0 Å². The lowest BCUT2D eigenvalue weighted by molar-refractivity contribution is -0.133. The van der Waals surface area contributed by atoms with Gasteiger partial charge in [-0.15, -0.1) is 0 Å². The molecule has 3 amide bonds. The number of rotatable bonds is 10. The molecule has 0 bridgehead atoms. The summed E-state index contributed by atoms with van der Waals surface area (Å²) in [6.07, 6.45) is 2.22. The smallest absolute Gasteiger partial charge is 0.253 e. The Morgan fingerprint density at radius 1 is 0.909 bits per heavy atom. The van der Waals surface area contributed by atoms with Gasteiger partial charge in [0, 0.05) is 94.2 Å². The molecule has 5 rings (SSSR count). The number of carbonyl (C=O) groups is 3. The summed E-state index contributed by atoms with van der Waals surface area (Å²) in [5, 5.41) is 9.83. The van der Waals surface area contributed by atoms with Crippen LogP contribution < -0.4 is 9.80 Å². The number of piperidine rings is 1. The maximum Gasteiger partial charge on any atom is 0.253 e. The molecule has 238 valence electrons. The van der Waals surface area contributed by atoms with Crippen molar-refractivity contribution >= 4 is 40.7 Å². The maximum absolute atomic E-state index is 13.8.